The highest BCUT2D eigenvalue weighted by atomic mass is 19.1. The molecule has 0 bridgehead atoms. The molecule has 39 heavy (non-hydrogen) atoms. The van der Waals surface area contributed by atoms with E-state index in [1.54, 1.807) is 26.4 Å². The number of carbonyl (C=O) groups is 1. The second-order valence-corrected chi connectivity index (χ2v) is 9.52. The van der Waals surface area contributed by atoms with Gasteiger partial charge in [-0.25, -0.2) is 4.39 Å². The number of nitrogens with zero attached hydrogens (tertiary/aromatic N) is 1. The maximum Gasteiger partial charge on any atom is 0.221 e. The second kappa shape index (κ2) is 11.9. The normalized spacial score (nSPS) is 11.8. The maximum atomic E-state index is 13.5. The van der Waals surface area contributed by atoms with Crippen LogP contribution >= 0.6 is 0 Å². The van der Waals surface area contributed by atoms with Crippen LogP contribution in [0.25, 0.3) is 10.9 Å². The van der Waals surface area contributed by atoms with Gasteiger partial charge in [-0.15, -0.1) is 0 Å². The number of aromatic nitrogens is 1. The highest BCUT2D eigenvalue weighted by molar-refractivity contribution is 5.87. The summed E-state index contributed by atoms with van der Waals surface area (Å²) in [6, 6.07) is 30.3. The summed E-state index contributed by atoms with van der Waals surface area (Å²) in [5.41, 5.74) is 5.02. The van der Waals surface area contributed by atoms with E-state index in [1.165, 1.54) is 12.1 Å². The molecule has 1 heterocycles. The fraction of sp³-hybridized carbons (Fsp3) is 0.182. The van der Waals surface area contributed by atoms with E-state index in [9.17, 15) is 9.18 Å². The number of ether oxygens (including phenoxy) is 2. The van der Waals surface area contributed by atoms with Crippen LogP contribution in [0.5, 0.6) is 11.5 Å². The van der Waals surface area contributed by atoms with Gasteiger partial charge in [-0.05, 0) is 52.6 Å². The molecule has 0 spiro atoms. The molecule has 1 unspecified atom stereocenters. The van der Waals surface area contributed by atoms with Crippen LogP contribution in [-0.4, -0.2) is 24.7 Å². The molecule has 0 aliphatic carbocycles. The SMILES string of the molecule is COc1cc(OC)cc(C(CC(=O)NCc2ccccc2)c2cn(Cc3ccc(F)cc3)c3ccccc23)c1. The molecule has 0 radical (unpaired) electrons. The fourth-order valence-corrected chi connectivity index (χ4v) is 4.96. The number of fused-ring (bicyclic) bond motifs is 1. The minimum absolute atomic E-state index is 0.0546. The molecular formula is C33H31FN2O3. The predicted molar refractivity (Wildman–Crippen MR) is 152 cm³/mol. The molecule has 1 amide bonds. The Kier molecular flexibility index (Phi) is 7.92. The molecule has 4 aromatic carbocycles. The number of methoxy groups -OCH3 is 2. The molecule has 0 aliphatic heterocycles. The summed E-state index contributed by atoms with van der Waals surface area (Å²) < 4.78 is 26.8. The Hall–Kier alpha value is -4.58. The van der Waals surface area contributed by atoms with Crippen molar-refractivity contribution >= 4 is 16.8 Å². The van der Waals surface area contributed by atoms with Gasteiger partial charge in [-0.1, -0.05) is 60.7 Å². The third-order valence-corrected chi connectivity index (χ3v) is 6.96. The zero-order valence-corrected chi connectivity index (χ0v) is 22.1. The molecule has 0 saturated carbocycles. The van der Waals surface area contributed by atoms with E-state index in [1.807, 2.05) is 60.7 Å². The Balaban J connectivity index is 1.54. The summed E-state index contributed by atoms with van der Waals surface area (Å²) >= 11 is 0. The lowest BCUT2D eigenvalue weighted by Gasteiger charge is -2.19. The third kappa shape index (κ3) is 6.12. The Morgan fingerprint density at radius 3 is 2.21 bits per heavy atom. The van der Waals surface area contributed by atoms with Gasteiger partial charge < -0.3 is 19.4 Å². The molecule has 0 saturated heterocycles. The fourth-order valence-electron chi connectivity index (χ4n) is 4.96. The number of carbonyl (C=O) groups excluding carboxylic acids is 1. The van der Waals surface area contributed by atoms with Gasteiger partial charge in [0.05, 0.1) is 14.2 Å². The zero-order chi connectivity index (χ0) is 27.2. The van der Waals surface area contributed by atoms with Crippen LogP contribution < -0.4 is 14.8 Å². The van der Waals surface area contributed by atoms with Crippen molar-refractivity contribution < 1.29 is 18.7 Å². The van der Waals surface area contributed by atoms with Crippen LogP contribution in [0.15, 0.2) is 103 Å². The zero-order valence-electron chi connectivity index (χ0n) is 22.1. The minimum atomic E-state index is -0.260. The van der Waals surface area contributed by atoms with Crippen LogP contribution in [0.1, 0.15) is 34.6 Å². The first-order valence-electron chi connectivity index (χ1n) is 12.9. The summed E-state index contributed by atoms with van der Waals surface area (Å²) in [5, 5.41) is 4.14. The molecule has 1 atom stereocenters. The lowest BCUT2D eigenvalue weighted by molar-refractivity contribution is -0.121. The van der Waals surface area contributed by atoms with Crippen molar-refractivity contribution in [1.29, 1.82) is 0 Å². The van der Waals surface area contributed by atoms with E-state index >= 15 is 0 Å². The summed E-state index contributed by atoms with van der Waals surface area (Å²) in [6.07, 6.45) is 2.35. The highest BCUT2D eigenvalue weighted by Crippen LogP contribution is 2.38. The van der Waals surface area contributed by atoms with E-state index in [2.05, 4.69) is 28.2 Å². The first kappa shape index (κ1) is 26.0. The van der Waals surface area contributed by atoms with Gasteiger partial charge in [0.1, 0.15) is 17.3 Å². The van der Waals surface area contributed by atoms with Gasteiger partial charge in [0.15, 0.2) is 0 Å². The molecule has 0 fully saturated rings. The van der Waals surface area contributed by atoms with Gasteiger partial charge in [0.2, 0.25) is 5.91 Å². The predicted octanol–water partition coefficient (Wildman–Crippen LogP) is 6.68. The summed E-state index contributed by atoms with van der Waals surface area (Å²) in [6.45, 7) is 1.04. The molecule has 0 aliphatic rings. The van der Waals surface area contributed by atoms with Gasteiger partial charge in [0.25, 0.3) is 0 Å². The van der Waals surface area contributed by atoms with Crippen LogP contribution in [-0.2, 0) is 17.9 Å². The molecule has 198 valence electrons. The van der Waals surface area contributed by atoms with Gasteiger partial charge in [0, 0.05) is 48.6 Å². The Morgan fingerprint density at radius 1 is 0.846 bits per heavy atom. The Bertz CT molecular complexity index is 1540. The second-order valence-electron chi connectivity index (χ2n) is 9.52. The molecule has 6 heteroatoms. The van der Waals surface area contributed by atoms with Crippen molar-refractivity contribution in [3.8, 4) is 11.5 Å². The number of nitrogens with one attached hydrogen (secondary N) is 1. The third-order valence-electron chi connectivity index (χ3n) is 6.96. The van der Waals surface area contributed by atoms with Crippen molar-refractivity contribution in [2.45, 2.75) is 25.4 Å². The van der Waals surface area contributed by atoms with E-state index in [0.717, 1.165) is 33.2 Å². The summed E-state index contributed by atoms with van der Waals surface area (Å²) in [5.74, 6) is 0.749. The summed E-state index contributed by atoms with van der Waals surface area (Å²) in [7, 11) is 3.24. The van der Waals surface area contributed by atoms with E-state index in [4.69, 9.17) is 9.47 Å². The Labute approximate surface area is 227 Å². The van der Waals surface area contributed by atoms with Gasteiger partial charge in [-0.3, -0.25) is 4.79 Å². The van der Waals surface area contributed by atoms with Crippen LogP contribution in [0, 0.1) is 5.82 Å². The monoisotopic (exact) mass is 522 g/mol. The topological polar surface area (TPSA) is 52.5 Å². The average molecular weight is 523 g/mol. The molecule has 1 aromatic heterocycles. The number of hydrogen-bond donors (Lipinski definition) is 1. The average Bonchev–Trinajstić information content (AvgIpc) is 3.34. The van der Waals surface area contributed by atoms with Crippen molar-refractivity contribution in [1.82, 2.24) is 9.88 Å². The number of para-hydroxylation sites is 1. The summed E-state index contributed by atoms with van der Waals surface area (Å²) in [4.78, 5) is 13.3. The molecule has 1 N–H and O–H groups in total. The van der Waals surface area contributed by atoms with Crippen molar-refractivity contribution in [3.05, 3.63) is 131 Å². The lowest BCUT2D eigenvalue weighted by Crippen LogP contribution is -2.25. The number of benzene rings is 4. The lowest BCUT2D eigenvalue weighted by atomic mass is 9.87. The van der Waals surface area contributed by atoms with Crippen LogP contribution in [0.3, 0.4) is 0 Å². The number of hydrogen-bond acceptors (Lipinski definition) is 3. The van der Waals surface area contributed by atoms with Crippen molar-refractivity contribution in [2.75, 3.05) is 14.2 Å². The molecule has 5 aromatic rings. The van der Waals surface area contributed by atoms with Crippen molar-refractivity contribution in [2.24, 2.45) is 0 Å². The number of halogens is 1. The first-order chi connectivity index (χ1) is 19.0. The van der Waals surface area contributed by atoms with E-state index in [0.29, 0.717) is 24.6 Å². The molecule has 5 rings (SSSR count). The van der Waals surface area contributed by atoms with E-state index < -0.39 is 0 Å². The van der Waals surface area contributed by atoms with Gasteiger partial charge in [-0.2, -0.15) is 0 Å². The minimum Gasteiger partial charge on any atom is -0.497 e. The van der Waals surface area contributed by atoms with E-state index in [-0.39, 0.29) is 24.1 Å². The Morgan fingerprint density at radius 2 is 1.51 bits per heavy atom. The van der Waals surface area contributed by atoms with Gasteiger partial charge >= 0.3 is 0 Å². The molecule has 5 nitrogen and oxygen atoms in total. The number of amides is 1. The number of rotatable bonds is 10. The largest absolute Gasteiger partial charge is 0.497 e. The highest BCUT2D eigenvalue weighted by Gasteiger charge is 2.24. The first-order valence-corrected chi connectivity index (χ1v) is 12.9. The van der Waals surface area contributed by atoms with Crippen LogP contribution in [0.2, 0.25) is 0 Å². The van der Waals surface area contributed by atoms with Crippen molar-refractivity contribution in [3.63, 3.8) is 0 Å². The standard InChI is InChI=1S/C33H31FN2O3/c1-38-27-16-25(17-28(18-27)39-2)30(19-33(37)35-20-23-8-4-3-5-9-23)31-22-36(32-11-7-6-10-29(31)32)21-24-12-14-26(34)15-13-24/h3-18,22,30H,19-21H2,1-2H3,(H,35,37). The molecular weight excluding hydrogens is 491 g/mol. The maximum absolute atomic E-state index is 13.5. The van der Waals surface area contributed by atoms with Crippen LogP contribution in [0.4, 0.5) is 4.39 Å². The quantitative estimate of drug-likeness (QED) is 0.223. The smallest absolute Gasteiger partial charge is 0.221 e.